The summed E-state index contributed by atoms with van der Waals surface area (Å²) in [5.41, 5.74) is 1.48. The van der Waals surface area contributed by atoms with E-state index >= 15 is 0 Å². The highest BCUT2D eigenvalue weighted by atomic mass is 35.5. The molecule has 3 rings (SSSR count). The minimum Gasteiger partial charge on any atom is -0.477 e. The van der Waals surface area contributed by atoms with Gasteiger partial charge in [0.05, 0.1) is 39.1 Å². The van der Waals surface area contributed by atoms with E-state index in [1.54, 1.807) is 29.7 Å². The highest BCUT2D eigenvalue weighted by Crippen LogP contribution is 2.35. The fourth-order valence-electron chi connectivity index (χ4n) is 2.90. The maximum absolute atomic E-state index is 12.8. The van der Waals surface area contributed by atoms with Gasteiger partial charge in [-0.3, -0.25) is 4.79 Å². The lowest BCUT2D eigenvalue weighted by molar-refractivity contribution is 0.282. The molecule has 27 heavy (non-hydrogen) atoms. The van der Waals surface area contributed by atoms with Gasteiger partial charge >= 0.3 is 0 Å². The Bertz CT molecular complexity index is 1040. The Balaban J connectivity index is 2.32. The van der Waals surface area contributed by atoms with Crippen LogP contribution in [-0.4, -0.2) is 16.2 Å². The fraction of sp³-hybridized carbons (Fsp3) is 0.300. The largest absolute Gasteiger partial charge is 0.477 e. The number of para-hydroxylation sites is 1. The molecule has 0 amide bonds. The van der Waals surface area contributed by atoms with Crippen LogP contribution in [0.1, 0.15) is 26.0 Å². The molecule has 4 nitrogen and oxygen atoms in total. The molecule has 0 aliphatic rings. The third-order valence-electron chi connectivity index (χ3n) is 4.23. The van der Waals surface area contributed by atoms with E-state index in [1.807, 2.05) is 0 Å². The van der Waals surface area contributed by atoms with Gasteiger partial charge in [-0.05, 0) is 31.4 Å². The normalized spacial score (nSPS) is 11.4. The zero-order valence-corrected chi connectivity index (χ0v) is 17.5. The first-order valence-corrected chi connectivity index (χ1v) is 9.72. The Kier molecular flexibility index (Phi) is 5.99. The summed E-state index contributed by atoms with van der Waals surface area (Å²) in [5.74, 6) is 0.737. The highest BCUT2D eigenvalue weighted by molar-refractivity contribution is 6.38. The number of halogens is 3. The van der Waals surface area contributed by atoms with Crippen LogP contribution < -0.4 is 10.2 Å². The van der Waals surface area contributed by atoms with Crippen LogP contribution in [0.5, 0.6) is 5.88 Å². The summed E-state index contributed by atoms with van der Waals surface area (Å²) in [6.07, 6.45) is 2.33. The van der Waals surface area contributed by atoms with Crippen molar-refractivity contribution in [2.75, 3.05) is 6.61 Å². The van der Waals surface area contributed by atoms with Crippen molar-refractivity contribution in [2.24, 2.45) is 5.92 Å². The lowest BCUT2D eigenvalue weighted by Crippen LogP contribution is -2.14. The Hall–Kier alpha value is -1.75. The number of nitrogens with zero attached hydrogens (tertiary/aromatic N) is 2. The molecule has 0 aliphatic carbocycles. The molecule has 0 spiro atoms. The van der Waals surface area contributed by atoms with Crippen LogP contribution in [0.15, 0.2) is 35.3 Å². The molecule has 0 saturated heterocycles. The molecule has 0 radical (unpaired) electrons. The van der Waals surface area contributed by atoms with E-state index in [2.05, 4.69) is 18.8 Å². The van der Waals surface area contributed by atoms with Gasteiger partial charge in [-0.25, -0.2) is 4.98 Å². The van der Waals surface area contributed by atoms with Gasteiger partial charge < -0.3 is 9.30 Å². The lowest BCUT2D eigenvalue weighted by Gasteiger charge is -2.19. The summed E-state index contributed by atoms with van der Waals surface area (Å²) in [7, 11) is 0. The van der Waals surface area contributed by atoms with E-state index < -0.39 is 0 Å². The number of rotatable bonds is 5. The van der Waals surface area contributed by atoms with Crippen LogP contribution in [0.2, 0.25) is 15.1 Å². The molecule has 0 bridgehead atoms. The van der Waals surface area contributed by atoms with Crippen LogP contribution in [0.25, 0.3) is 16.6 Å². The molecular weight excluding hydrogens is 407 g/mol. The number of aryl methyl sites for hydroxylation is 1. The second-order valence-electron chi connectivity index (χ2n) is 6.72. The van der Waals surface area contributed by atoms with Gasteiger partial charge in [0, 0.05) is 11.8 Å². The maximum Gasteiger partial charge on any atom is 0.227 e. The number of hydrogen-bond acceptors (Lipinski definition) is 3. The third-order valence-corrected chi connectivity index (χ3v) is 5.12. The Morgan fingerprint density at radius 3 is 2.44 bits per heavy atom. The van der Waals surface area contributed by atoms with Crippen LogP contribution >= 0.6 is 34.8 Å². The average molecular weight is 426 g/mol. The number of benzene rings is 1. The first kappa shape index (κ1) is 20.0. The van der Waals surface area contributed by atoms with Crippen molar-refractivity contribution in [3.8, 4) is 11.6 Å². The molecule has 0 unspecified atom stereocenters. The van der Waals surface area contributed by atoms with E-state index in [1.165, 1.54) is 12.3 Å². The Labute approximate surface area is 172 Å². The number of aromatic nitrogens is 2. The summed E-state index contributed by atoms with van der Waals surface area (Å²) in [6, 6.07) is 6.75. The molecule has 2 heterocycles. The number of pyridine rings is 2. The van der Waals surface area contributed by atoms with Crippen molar-refractivity contribution in [3.05, 3.63) is 61.4 Å². The topological polar surface area (TPSA) is 44.1 Å². The van der Waals surface area contributed by atoms with Gasteiger partial charge in [-0.15, -0.1) is 0 Å². The Morgan fingerprint density at radius 1 is 1.15 bits per heavy atom. The third kappa shape index (κ3) is 3.93. The van der Waals surface area contributed by atoms with Crippen molar-refractivity contribution in [3.63, 3.8) is 0 Å². The summed E-state index contributed by atoms with van der Waals surface area (Å²) in [4.78, 5) is 17.0. The van der Waals surface area contributed by atoms with Gasteiger partial charge in [-0.2, -0.15) is 0 Å². The van der Waals surface area contributed by atoms with Crippen LogP contribution in [0.4, 0.5) is 0 Å². The van der Waals surface area contributed by atoms with E-state index in [0.29, 0.717) is 49.9 Å². The molecule has 0 atom stereocenters. The van der Waals surface area contributed by atoms with Gasteiger partial charge in [0.15, 0.2) is 5.43 Å². The summed E-state index contributed by atoms with van der Waals surface area (Å²) in [5, 5.41) is 1.53. The predicted molar refractivity (Wildman–Crippen MR) is 112 cm³/mol. The number of fused-ring (bicyclic) bond motifs is 1. The number of ether oxygens (including phenoxy) is 1. The summed E-state index contributed by atoms with van der Waals surface area (Å²) in [6.45, 7) is 6.47. The van der Waals surface area contributed by atoms with E-state index in [4.69, 9.17) is 39.5 Å². The molecule has 0 N–H and O–H groups in total. The highest BCUT2D eigenvalue weighted by Gasteiger charge is 2.20. The van der Waals surface area contributed by atoms with Gasteiger partial charge in [-0.1, -0.05) is 54.7 Å². The average Bonchev–Trinajstić information content (AvgIpc) is 2.58. The van der Waals surface area contributed by atoms with E-state index in [0.717, 1.165) is 6.42 Å². The van der Waals surface area contributed by atoms with Gasteiger partial charge in [0.25, 0.3) is 0 Å². The zero-order valence-electron chi connectivity index (χ0n) is 15.2. The monoisotopic (exact) mass is 424 g/mol. The minimum atomic E-state index is -0.212. The minimum absolute atomic E-state index is 0.212. The van der Waals surface area contributed by atoms with E-state index in [-0.39, 0.29) is 11.3 Å². The molecule has 0 fully saturated rings. The zero-order chi connectivity index (χ0) is 19.7. The number of hydrogen-bond donors (Lipinski definition) is 0. The SMILES string of the molecule is Cc1cc(=O)c2c(OCCC(C)C)ncc(Cl)c2n1-c1c(Cl)cccc1Cl. The van der Waals surface area contributed by atoms with Gasteiger partial charge in [0.2, 0.25) is 5.88 Å². The quantitative estimate of drug-likeness (QED) is 0.497. The lowest BCUT2D eigenvalue weighted by atomic mass is 10.1. The second kappa shape index (κ2) is 8.09. The molecule has 2 aromatic heterocycles. The van der Waals surface area contributed by atoms with Crippen molar-refractivity contribution >= 4 is 45.7 Å². The molecule has 142 valence electrons. The molecule has 7 heteroatoms. The standard InChI is InChI=1S/C20H19Cl3N2O2/c1-11(2)7-8-27-20-17-16(26)9-12(3)25(19(17)15(23)10-24-20)18-13(21)5-4-6-14(18)22/h4-6,9-11H,7-8H2,1-3H3. The molecule has 0 saturated carbocycles. The first-order chi connectivity index (χ1) is 12.8. The second-order valence-corrected chi connectivity index (χ2v) is 7.94. The fourth-order valence-corrected chi connectivity index (χ4v) is 3.69. The Morgan fingerprint density at radius 2 is 1.81 bits per heavy atom. The first-order valence-electron chi connectivity index (χ1n) is 8.59. The van der Waals surface area contributed by atoms with Crippen LogP contribution in [0, 0.1) is 12.8 Å². The molecule has 0 aliphatic heterocycles. The molecular formula is C20H19Cl3N2O2. The van der Waals surface area contributed by atoms with Crippen LogP contribution in [-0.2, 0) is 0 Å². The van der Waals surface area contributed by atoms with Gasteiger partial charge in [0.1, 0.15) is 5.39 Å². The van der Waals surface area contributed by atoms with Crippen molar-refractivity contribution in [1.82, 2.24) is 9.55 Å². The molecule has 3 aromatic rings. The van der Waals surface area contributed by atoms with Crippen molar-refractivity contribution < 1.29 is 4.74 Å². The summed E-state index contributed by atoms with van der Waals surface area (Å²) >= 11 is 19.3. The van der Waals surface area contributed by atoms with E-state index in [9.17, 15) is 4.79 Å². The smallest absolute Gasteiger partial charge is 0.227 e. The molecule has 1 aromatic carbocycles. The maximum atomic E-state index is 12.8. The van der Waals surface area contributed by atoms with Crippen LogP contribution in [0.3, 0.4) is 0 Å². The van der Waals surface area contributed by atoms with Crippen molar-refractivity contribution in [1.29, 1.82) is 0 Å². The summed E-state index contributed by atoms with van der Waals surface area (Å²) < 4.78 is 7.59. The van der Waals surface area contributed by atoms with Crippen molar-refractivity contribution in [2.45, 2.75) is 27.2 Å². The predicted octanol–water partition coefficient (Wildman–Crippen LogP) is 6.08.